The monoisotopic (exact) mass is 198 g/mol. The van der Waals surface area contributed by atoms with E-state index < -0.39 is 0 Å². The van der Waals surface area contributed by atoms with Gasteiger partial charge in [-0.05, 0) is 6.07 Å². The molecule has 0 saturated heterocycles. The summed E-state index contributed by atoms with van der Waals surface area (Å²) in [6, 6.07) is 1.92. The Kier molecular flexibility index (Phi) is 3.66. The Balaban J connectivity index is 2.28. The average Bonchev–Trinajstić information content (AvgIpc) is 2.51. The number of hydrogen-bond acceptors (Lipinski definition) is 3. The van der Waals surface area contributed by atoms with E-state index in [2.05, 4.69) is 5.10 Å². The highest BCUT2D eigenvalue weighted by atomic mass is 16.5. The van der Waals surface area contributed by atoms with Crippen LogP contribution in [-0.4, -0.2) is 28.1 Å². The molecule has 1 heterocycles. The van der Waals surface area contributed by atoms with Crippen molar-refractivity contribution >= 4 is 0 Å². The second-order valence-electron chi connectivity index (χ2n) is 4.30. The normalized spacial score (nSPS) is 12.0. The number of rotatable bonds is 5. The molecule has 0 aliphatic rings. The molecular formula is C10H18N2O2. The summed E-state index contributed by atoms with van der Waals surface area (Å²) in [5.74, 6) is 0. The molecular weight excluding hydrogens is 180 g/mol. The highest BCUT2D eigenvalue weighted by Crippen LogP contribution is 2.14. The largest absolute Gasteiger partial charge is 0.396 e. The fourth-order valence-electron chi connectivity index (χ4n) is 1.02. The molecule has 0 radical (unpaired) electrons. The van der Waals surface area contributed by atoms with Crippen LogP contribution in [0.4, 0.5) is 0 Å². The molecule has 4 nitrogen and oxygen atoms in total. The summed E-state index contributed by atoms with van der Waals surface area (Å²) < 4.78 is 7.20. The molecule has 0 saturated carbocycles. The number of ether oxygens (including phenoxy) is 1. The van der Waals surface area contributed by atoms with Gasteiger partial charge in [-0.2, -0.15) is 5.10 Å². The maximum atomic E-state index is 9.00. The lowest BCUT2D eigenvalue weighted by molar-refractivity contribution is 0.0184. The predicted molar refractivity (Wildman–Crippen MR) is 53.7 cm³/mol. The highest BCUT2D eigenvalue weighted by molar-refractivity contribution is 4.96. The summed E-state index contributed by atoms with van der Waals surface area (Å²) in [7, 11) is 1.88. The maximum absolute atomic E-state index is 9.00. The summed E-state index contributed by atoms with van der Waals surface area (Å²) in [5.41, 5.74) is 0.746. The van der Waals surface area contributed by atoms with E-state index in [0.717, 1.165) is 5.69 Å². The van der Waals surface area contributed by atoms with Crippen molar-refractivity contribution in [3.63, 3.8) is 0 Å². The molecule has 0 aliphatic carbocycles. The van der Waals surface area contributed by atoms with Gasteiger partial charge in [-0.1, -0.05) is 13.8 Å². The minimum atomic E-state index is -0.172. The molecule has 14 heavy (non-hydrogen) atoms. The molecule has 80 valence electrons. The first kappa shape index (κ1) is 11.2. The lowest BCUT2D eigenvalue weighted by Crippen LogP contribution is -2.23. The minimum absolute atomic E-state index is 0.134. The van der Waals surface area contributed by atoms with Gasteiger partial charge < -0.3 is 9.84 Å². The molecule has 0 spiro atoms. The molecule has 0 aliphatic heterocycles. The third-order valence-corrected chi connectivity index (χ3v) is 1.94. The minimum Gasteiger partial charge on any atom is -0.396 e. The summed E-state index contributed by atoms with van der Waals surface area (Å²) >= 11 is 0. The quantitative estimate of drug-likeness (QED) is 0.766. The Labute approximate surface area is 84.5 Å². The van der Waals surface area contributed by atoms with Crippen LogP contribution in [0.25, 0.3) is 0 Å². The first-order valence-electron chi connectivity index (χ1n) is 4.71. The van der Waals surface area contributed by atoms with Crippen molar-refractivity contribution in [1.29, 1.82) is 0 Å². The van der Waals surface area contributed by atoms with Crippen molar-refractivity contribution in [2.24, 2.45) is 12.5 Å². The standard InChI is InChI=1S/C10H18N2O2/c1-10(2,7-13)8-14-6-9-4-5-12(3)11-9/h4-5,13H,6-8H2,1-3H3. The molecule has 0 amide bonds. The Morgan fingerprint density at radius 2 is 2.29 bits per heavy atom. The zero-order chi connectivity index (χ0) is 10.6. The van der Waals surface area contributed by atoms with Crippen molar-refractivity contribution in [3.05, 3.63) is 18.0 Å². The molecule has 1 aromatic heterocycles. The molecule has 1 N–H and O–H groups in total. The second-order valence-corrected chi connectivity index (χ2v) is 4.30. The third-order valence-electron chi connectivity index (χ3n) is 1.94. The molecule has 0 unspecified atom stereocenters. The molecule has 0 atom stereocenters. The van der Waals surface area contributed by atoms with Gasteiger partial charge in [0.05, 0.1) is 25.5 Å². The lowest BCUT2D eigenvalue weighted by atomic mass is 9.97. The van der Waals surface area contributed by atoms with Gasteiger partial charge in [0.15, 0.2) is 0 Å². The first-order chi connectivity index (χ1) is 6.53. The summed E-state index contributed by atoms with van der Waals surface area (Å²) in [5, 5.41) is 13.2. The number of aromatic nitrogens is 2. The molecule has 0 fully saturated rings. The number of aliphatic hydroxyl groups is 1. The fourth-order valence-corrected chi connectivity index (χ4v) is 1.02. The van der Waals surface area contributed by atoms with E-state index >= 15 is 0 Å². The van der Waals surface area contributed by atoms with Crippen molar-refractivity contribution in [2.75, 3.05) is 13.2 Å². The van der Waals surface area contributed by atoms with Crippen LogP contribution in [0, 0.1) is 5.41 Å². The SMILES string of the molecule is Cn1ccc(COCC(C)(C)CO)n1. The van der Waals surface area contributed by atoms with Crippen LogP contribution in [0.5, 0.6) is 0 Å². The highest BCUT2D eigenvalue weighted by Gasteiger charge is 2.16. The van der Waals surface area contributed by atoms with Gasteiger partial charge in [0.2, 0.25) is 0 Å². The zero-order valence-electron chi connectivity index (χ0n) is 9.03. The van der Waals surface area contributed by atoms with Crippen LogP contribution in [0.15, 0.2) is 12.3 Å². The Morgan fingerprint density at radius 3 is 2.79 bits per heavy atom. The molecule has 1 aromatic rings. The molecule has 0 bridgehead atoms. The van der Waals surface area contributed by atoms with Crippen molar-refractivity contribution in [1.82, 2.24) is 9.78 Å². The summed E-state index contributed by atoms with van der Waals surface area (Å²) in [4.78, 5) is 0. The van der Waals surface area contributed by atoms with E-state index in [1.165, 1.54) is 0 Å². The van der Waals surface area contributed by atoms with Crippen LogP contribution in [0.2, 0.25) is 0 Å². The van der Waals surface area contributed by atoms with E-state index in [1.807, 2.05) is 33.2 Å². The van der Waals surface area contributed by atoms with Gasteiger partial charge >= 0.3 is 0 Å². The Morgan fingerprint density at radius 1 is 1.57 bits per heavy atom. The first-order valence-corrected chi connectivity index (χ1v) is 4.71. The average molecular weight is 198 g/mol. The summed E-state index contributed by atoms with van der Waals surface area (Å²) in [6.45, 7) is 5.11. The van der Waals surface area contributed by atoms with Crippen LogP contribution in [0.3, 0.4) is 0 Å². The van der Waals surface area contributed by atoms with Crippen LogP contribution >= 0.6 is 0 Å². The van der Waals surface area contributed by atoms with Gasteiger partial charge in [-0.25, -0.2) is 0 Å². The van der Waals surface area contributed by atoms with Crippen molar-refractivity contribution in [2.45, 2.75) is 20.5 Å². The topological polar surface area (TPSA) is 47.3 Å². The molecule has 1 rings (SSSR count). The van der Waals surface area contributed by atoms with Crippen LogP contribution in [-0.2, 0) is 18.4 Å². The number of nitrogens with zero attached hydrogens (tertiary/aromatic N) is 2. The van der Waals surface area contributed by atoms with Gasteiger partial charge in [0.25, 0.3) is 0 Å². The summed E-state index contributed by atoms with van der Waals surface area (Å²) in [6.07, 6.45) is 1.88. The van der Waals surface area contributed by atoms with Crippen LogP contribution in [0.1, 0.15) is 19.5 Å². The predicted octanol–water partition coefficient (Wildman–Crippen LogP) is 0.955. The maximum Gasteiger partial charge on any atom is 0.0906 e. The fraction of sp³-hybridized carbons (Fsp3) is 0.700. The van der Waals surface area contributed by atoms with E-state index in [-0.39, 0.29) is 12.0 Å². The number of hydrogen-bond donors (Lipinski definition) is 1. The number of aryl methyl sites for hydroxylation is 1. The van der Waals surface area contributed by atoms with Gasteiger partial charge in [-0.3, -0.25) is 4.68 Å². The smallest absolute Gasteiger partial charge is 0.0906 e. The van der Waals surface area contributed by atoms with Gasteiger partial charge in [0, 0.05) is 18.7 Å². The van der Waals surface area contributed by atoms with E-state index in [4.69, 9.17) is 9.84 Å². The van der Waals surface area contributed by atoms with Crippen molar-refractivity contribution in [3.8, 4) is 0 Å². The number of aliphatic hydroxyl groups excluding tert-OH is 1. The van der Waals surface area contributed by atoms with E-state index in [0.29, 0.717) is 13.2 Å². The van der Waals surface area contributed by atoms with Gasteiger partial charge in [-0.15, -0.1) is 0 Å². The second kappa shape index (κ2) is 4.57. The Bertz CT molecular complexity index is 281. The van der Waals surface area contributed by atoms with Crippen molar-refractivity contribution < 1.29 is 9.84 Å². The molecule has 0 aromatic carbocycles. The van der Waals surface area contributed by atoms with E-state index in [1.54, 1.807) is 4.68 Å². The third kappa shape index (κ3) is 3.47. The zero-order valence-corrected chi connectivity index (χ0v) is 9.03. The Hall–Kier alpha value is -0.870. The lowest BCUT2D eigenvalue weighted by Gasteiger charge is -2.20. The van der Waals surface area contributed by atoms with Crippen LogP contribution < -0.4 is 0 Å². The van der Waals surface area contributed by atoms with Gasteiger partial charge in [0.1, 0.15) is 0 Å². The van der Waals surface area contributed by atoms with E-state index in [9.17, 15) is 0 Å². The molecule has 4 heteroatoms.